The van der Waals surface area contributed by atoms with Crippen molar-refractivity contribution < 1.29 is 4.79 Å². The highest BCUT2D eigenvalue weighted by molar-refractivity contribution is 7.99. The number of nitrogens with zero attached hydrogens (tertiary/aromatic N) is 2. The van der Waals surface area contributed by atoms with Crippen LogP contribution in [0.5, 0.6) is 0 Å². The number of benzene rings is 1. The van der Waals surface area contributed by atoms with Gasteiger partial charge in [-0.15, -0.1) is 11.3 Å². The molecule has 0 aliphatic carbocycles. The third kappa shape index (κ3) is 3.52. The van der Waals surface area contributed by atoms with Gasteiger partial charge in [-0.1, -0.05) is 30.0 Å². The van der Waals surface area contributed by atoms with Gasteiger partial charge in [0.25, 0.3) is 5.56 Å². The lowest BCUT2D eigenvalue weighted by Crippen LogP contribution is -2.28. The fourth-order valence-electron chi connectivity index (χ4n) is 2.35. The Morgan fingerprint density at radius 2 is 2.12 bits per heavy atom. The van der Waals surface area contributed by atoms with E-state index in [9.17, 15) is 9.59 Å². The number of nitrogens with one attached hydrogen (secondary N) is 1. The van der Waals surface area contributed by atoms with Crippen LogP contribution in [0.2, 0.25) is 0 Å². The van der Waals surface area contributed by atoms with E-state index in [4.69, 9.17) is 0 Å². The lowest BCUT2D eigenvalue weighted by atomic mass is 10.2. The van der Waals surface area contributed by atoms with Crippen molar-refractivity contribution in [2.75, 3.05) is 5.75 Å². The first-order valence-electron chi connectivity index (χ1n) is 7.47. The monoisotopic (exact) mass is 359 g/mol. The number of rotatable bonds is 5. The molecular formula is C17H17N3O2S2. The molecule has 3 rings (SSSR count). The number of thioether (sulfide) groups is 1. The molecule has 0 spiro atoms. The van der Waals surface area contributed by atoms with Gasteiger partial charge in [0.1, 0.15) is 0 Å². The number of carbonyl (C=O) groups excluding carboxylic acids is 1. The smallest absolute Gasteiger partial charge is 0.261 e. The molecule has 1 amide bonds. The highest BCUT2D eigenvalue weighted by Gasteiger charge is 2.13. The number of aromatic nitrogens is 2. The predicted molar refractivity (Wildman–Crippen MR) is 98.6 cm³/mol. The minimum Gasteiger partial charge on any atom is -0.348 e. The van der Waals surface area contributed by atoms with Gasteiger partial charge in [-0.3, -0.25) is 14.2 Å². The number of hydrogen-bond donors (Lipinski definition) is 1. The van der Waals surface area contributed by atoms with E-state index in [1.54, 1.807) is 30.5 Å². The maximum absolute atomic E-state index is 12.3. The zero-order valence-corrected chi connectivity index (χ0v) is 15.0. The summed E-state index contributed by atoms with van der Waals surface area (Å²) in [6.07, 6.45) is 0. The Labute approximate surface area is 147 Å². The molecule has 1 aromatic carbocycles. The average molecular weight is 359 g/mol. The SMILES string of the molecule is CC(NC(=O)CSc1nc2ccccc2c(=O)n1C)c1cccs1. The molecule has 124 valence electrons. The van der Waals surface area contributed by atoms with Crippen LogP contribution in [0.15, 0.2) is 51.7 Å². The number of thiophene rings is 1. The molecule has 2 aromatic heterocycles. The Kier molecular flexibility index (Phi) is 5.01. The number of fused-ring (bicyclic) bond motifs is 1. The van der Waals surface area contributed by atoms with Crippen LogP contribution >= 0.6 is 23.1 Å². The highest BCUT2D eigenvalue weighted by Crippen LogP contribution is 2.20. The topological polar surface area (TPSA) is 64.0 Å². The second-order valence-corrected chi connectivity index (χ2v) is 7.29. The van der Waals surface area contributed by atoms with E-state index in [2.05, 4.69) is 10.3 Å². The molecule has 0 radical (unpaired) electrons. The van der Waals surface area contributed by atoms with Crippen molar-refractivity contribution in [3.05, 3.63) is 57.0 Å². The fraction of sp³-hybridized carbons (Fsp3) is 0.235. The van der Waals surface area contributed by atoms with Crippen molar-refractivity contribution in [2.45, 2.75) is 18.1 Å². The van der Waals surface area contributed by atoms with Crippen molar-refractivity contribution in [2.24, 2.45) is 7.05 Å². The van der Waals surface area contributed by atoms with Gasteiger partial charge >= 0.3 is 0 Å². The van der Waals surface area contributed by atoms with Crippen molar-refractivity contribution >= 4 is 39.9 Å². The maximum atomic E-state index is 12.3. The third-order valence-corrected chi connectivity index (χ3v) is 5.71. The molecule has 1 unspecified atom stereocenters. The van der Waals surface area contributed by atoms with Crippen molar-refractivity contribution in [3.8, 4) is 0 Å². The first-order valence-corrected chi connectivity index (χ1v) is 9.34. The van der Waals surface area contributed by atoms with Crippen LogP contribution in [0, 0.1) is 0 Å². The van der Waals surface area contributed by atoms with Crippen LogP contribution in [0.3, 0.4) is 0 Å². The van der Waals surface area contributed by atoms with Gasteiger partial charge < -0.3 is 5.32 Å². The van der Waals surface area contributed by atoms with E-state index in [-0.39, 0.29) is 23.3 Å². The van der Waals surface area contributed by atoms with E-state index in [0.29, 0.717) is 16.1 Å². The molecule has 1 atom stereocenters. The summed E-state index contributed by atoms with van der Waals surface area (Å²) in [7, 11) is 1.68. The summed E-state index contributed by atoms with van der Waals surface area (Å²) in [6.45, 7) is 1.96. The number of carbonyl (C=O) groups is 1. The first-order chi connectivity index (χ1) is 11.6. The Morgan fingerprint density at radius 3 is 2.88 bits per heavy atom. The molecule has 0 aliphatic heterocycles. The van der Waals surface area contributed by atoms with Crippen molar-refractivity contribution in [3.63, 3.8) is 0 Å². The summed E-state index contributed by atoms with van der Waals surface area (Å²) in [5.74, 6) is 0.136. The van der Waals surface area contributed by atoms with Crippen LogP contribution in [0.1, 0.15) is 17.8 Å². The predicted octanol–water partition coefficient (Wildman–Crippen LogP) is 2.96. The summed E-state index contributed by atoms with van der Waals surface area (Å²) in [6, 6.07) is 11.2. The number of amides is 1. The number of para-hydroxylation sites is 1. The lowest BCUT2D eigenvalue weighted by Gasteiger charge is -2.12. The van der Waals surface area contributed by atoms with Crippen LogP contribution in [-0.4, -0.2) is 21.2 Å². The quantitative estimate of drug-likeness (QED) is 0.562. The first kappa shape index (κ1) is 16.7. The van der Waals surface area contributed by atoms with E-state index in [1.807, 2.05) is 36.6 Å². The minimum absolute atomic E-state index is 0.0218. The normalized spacial score (nSPS) is 12.2. The zero-order valence-electron chi connectivity index (χ0n) is 13.4. The van der Waals surface area contributed by atoms with Crippen molar-refractivity contribution in [1.82, 2.24) is 14.9 Å². The van der Waals surface area contributed by atoms with Gasteiger partial charge in [-0.2, -0.15) is 0 Å². The molecule has 2 heterocycles. The molecule has 0 saturated carbocycles. The standard InChI is InChI=1S/C17H17N3O2S2/c1-11(14-8-5-9-23-14)18-15(21)10-24-17-19-13-7-4-3-6-12(13)16(22)20(17)2/h3-9,11H,10H2,1-2H3,(H,18,21). The molecule has 24 heavy (non-hydrogen) atoms. The molecule has 7 heteroatoms. The Bertz CT molecular complexity index is 919. The summed E-state index contributed by atoms with van der Waals surface area (Å²) in [5.41, 5.74) is 0.547. The Balaban J connectivity index is 1.70. The van der Waals surface area contributed by atoms with Gasteiger partial charge in [-0.25, -0.2) is 4.98 Å². The van der Waals surface area contributed by atoms with Crippen LogP contribution in [0.4, 0.5) is 0 Å². The Morgan fingerprint density at radius 1 is 1.33 bits per heavy atom. The minimum atomic E-state index is -0.101. The second kappa shape index (κ2) is 7.19. The van der Waals surface area contributed by atoms with Crippen LogP contribution < -0.4 is 10.9 Å². The summed E-state index contributed by atoms with van der Waals surface area (Å²) in [5, 5.41) is 6.07. The number of hydrogen-bond acceptors (Lipinski definition) is 5. The third-order valence-electron chi connectivity index (χ3n) is 3.62. The fourth-order valence-corrected chi connectivity index (χ4v) is 3.87. The van der Waals surface area contributed by atoms with Gasteiger partial charge in [0.05, 0.1) is 22.7 Å². The largest absolute Gasteiger partial charge is 0.348 e. The maximum Gasteiger partial charge on any atom is 0.261 e. The molecule has 3 aromatic rings. The van der Waals surface area contributed by atoms with E-state index in [1.165, 1.54) is 16.3 Å². The zero-order chi connectivity index (χ0) is 17.1. The second-order valence-electron chi connectivity index (χ2n) is 5.37. The van der Waals surface area contributed by atoms with E-state index >= 15 is 0 Å². The molecule has 1 N–H and O–H groups in total. The van der Waals surface area contributed by atoms with Crippen LogP contribution in [0.25, 0.3) is 10.9 Å². The van der Waals surface area contributed by atoms with Gasteiger partial charge in [-0.05, 0) is 30.5 Å². The van der Waals surface area contributed by atoms with Gasteiger partial charge in [0.2, 0.25) is 5.91 Å². The van der Waals surface area contributed by atoms with E-state index < -0.39 is 0 Å². The van der Waals surface area contributed by atoms with Gasteiger partial charge in [0, 0.05) is 11.9 Å². The highest BCUT2D eigenvalue weighted by atomic mass is 32.2. The molecule has 0 bridgehead atoms. The summed E-state index contributed by atoms with van der Waals surface area (Å²) >= 11 is 2.88. The summed E-state index contributed by atoms with van der Waals surface area (Å²) < 4.78 is 1.49. The molecule has 5 nitrogen and oxygen atoms in total. The van der Waals surface area contributed by atoms with Crippen LogP contribution in [-0.2, 0) is 11.8 Å². The average Bonchev–Trinajstić information content (AvgIpc) is 3.11. The molecule has 0 fully saturated rings. The summed E-state index contributed by atoms with van der Waals surface area (Å²) in [4.78, 5) is 30.1. The molecular weight excluding hydrogens is 342 g/mol. The van der Waals surface area contributed by atoms with Crippen molar-refractivity contribution in [1.29, 1.82) is 0 Å². The molecule has 0 saturated heterocycles. The lowest BCUT2D eigenvalue weighted by molar-refractivity contribution is -0.119. The van der Waals surface area contributed by atoms with Gasteiger partial charge in [0.15, 0.2) is 5.16 Å². The Hall–Kier alpha value is -2.12. The molecule has 0 aliphatic rings. The van der Waals surface area contributed by atoms with E-state index in [0.717, 1.165) is 4.88 Å².